The van der Waals surface area contributed by atoms with Gasteiger partial charge in [-0.3, -0.25) is 4.79 Å². The van der Waals surface area contributed by atoms with Gasteiger partial charge in [0.05, 0.1) is 5.71 Å². The third-order valence-electron chi connectivity index (χ3n) is 3.98. The molecule has 0 amide bonds. The smallest absolute Gasteiger partial charge is 0.180 e. The third-order valence-corrected chi connectivity index (χ3v) is 3.98. The van der Waals surface area contributed by atoms with E-state index in [4.69, 9.17) is 5.41 Å². The highest BCUT2D eigenvalue weighted by Crippen LogP contribution is 2.58. The van der Waals surface area contributed by atoms with Crippen molar-refractivity contribution in [3.8, 4) is 0 Å². The first-order valence-corrected chi connectivity index (χ1v) is 4.59. The van der Waals surface area contributed by atoms with Crippen LogP contribution in [0.15, 0.2) is 0 Å². The summed E-state index contributed by atoms with van der Waals surface area (Å²) in [5.74, 6) is 1.03. The Morgan fingerprint density at radius 2 is 2.08 bits per heavy atom. The van der Waals surface area contributed by atoms with Crippen molar-refractivity contribution >= 4 is 11.5 Å². The van der Waals surface area contributed by atoms with Crippen molar-refractivity contribution in [3.05, 3.63) is 0 Å². The van der Waals surface area contributed by atoms with Crippen molar-refractivity contribution in [1.29, 1.82) is 5.41 Å². The molecule has 3 fully saturated rings. The molecule has 2 bridgehead atoms. The topological polar surface area (TPSA) is 40.9 Å². The second kappa shape index (κ2) is 1.98. The van der Waals surface area contributed by atoms with Crippen molar-refractivity contribution in [2.75, 3.05) is 0 Å². The lowest BCUT2D eigenvalue weighted by Gasteiger charge is -2.58. The minimum absolute atomic E-state index is 0.106. The molecule has 0 aliphatic heterocycles. The van der Waals surface area contributed by atoms with Crippen molar-refractivity contribution in [3.63, 3.8) is 0 Å². The summed E-state index contributed by atoms with van der Waals surface area (Å²) in [5, 5.41) is 7.59. The lowest BCUT2D eigenvalue weighted by Crippen LogP contribution is -2.60. The van der Waals surface area contributed by atoms with Crippen molar-refractivity contribution in [2.45, 2.75) is 27.2 Å². The number of carbonyl (C=O) groups excluding carboxylic acids is 1. The average molecular weight is 165 g/mol. The van der Waals surface area contributed by atoms with Crippen LogP contribution in [0.5, 0.6) is 0 Å². The number of rotatable bonds is 0. The van der Waals surface area contributed by atoms with E-state index in [0.29, 0.717) is 11.6 Å². The molecular weight excluding hydrogens is 150 g/mol. The maximum atomic E-state index is 11.6. The quantitative estimate of drug-likeness (QED) is 0.585. The molecule has 0 aromatic carbocycles. The Kier molecular flexibility index (Phi) is 1.31. The van der Waals surface area contributed by atoms with E-state index in [1.165, 1.54) is 0 Å². The number of hydrogen-bond acceptors (Lipinski definition) is 2. The molecule has 0 aromatic rings. The summed E-state index contributed by atoms with van der Waals surface area (Å²) in [6.45, 7) is 6.33. The van der Waals surface area contributed by atoms with Crippen LogP contribution in [0, 0.1) is 28.6 Å². The molecule has 2 heteroatoms. The van der Waals surface area contributed by atoms with Crippen LogP contribution in [0.1, 0.15) is 27.2 Å². The zero-order valence-electron chi connectivity index (χ0n) is 7.85. The standard InChI is InChI=1S/C10H15NO/c1-5-6-4-7(10(6,2)3)9(12)8(5)11/h5-7,11H,4H2,1-3H3/t5?,6-,7-/m1/s1. The SMILES string of the molecule is CC1C(=N)C(=O)[C@H]2C[C@H]1C2(C)C. The number of Topliss-reactive ketones (excluding diaryl/α,β-unsaturated/α-hetero) is 1. The monoisotopic (exact) mass is 165 g/mol. The molecule has 3 aliphatic rings. The molecular formula is C10H15NO. The first-order valence-electron chi connectivity index (χ1n) is 4.59. The number of nitrogens with one attached hydrogen (secondary N) is 1. The minimum Gasteiger partial charge on any atom is -0.301 e. The Morgan fingerprint density at radius 3 is 2.50 bits per heavy atom. The summed E-state index contributed by atoms with van der Waals surface area (Å²) in [6.07, 6.45) is 1.02. The maximum Gasteiger partial charge on any atom is 0.180 e. The van der Waals surface area contributed by atoms with Gasteiger partial charge in [-0.1, -0.05) is 20.8 Å². The Labute approximate surface area is 72.9 Å². The molecule has 12 heavy (non-hydrogen) atoms. The van der Waals surface area contributed by atoms with E-state index in [1.807, 2.05) is 6.92 Å². The largest absolute Gasteiger partial charge is 0.301 e. The Morgan fingerprint density at radius 1 is 1.50 bits per heavy atom. The normalized spacial score (nSPS) is 44.1. The highest BCUT2D eigenvalue weighted by molar-refractivity contribution is 6.41. The third kappa shape index (κ3) is 0.661. The van der Waals surface area contributed by atoms with E-state index in [1.54, 1.807) is 0 Å². The van der Waals surface area contributed by atoms with Gasteiger partial charge in [0.15, 0.2) is 5.78 Å². The molecule has 0 spiro atoms. The van der Waals surface area contributed by atoms with Gasteiger partial charge in [0.2, 0.25) is 0 Å². The van der Waals surface area contributed by atoms with Crippen LogP contribution in [0.3, 0.4) is 0 Å². The van der Waals surface area contributed by atoms with Crippen molar-refractivity contribution in [2.24, 2.45) is 23.2 Å². The van der Waals surface area contributed by atoms with Gasteiger partial charge < -0.3 is 5.41 Å². The van der Waals surface area contributed by atoms with Gasteiger partial charge in [-0.25, -0.2) is 0 Å². The zero-order chi connectivity index (χ0) is 9.09. The highest BCUT2D eigenvalue weighted by Gasteiger charge is 2.59. The van der Waals surface area contributed by atoms with E-state index < -0.39 is 0 Å². The van der Waals surface area contributed by atoms with E-state index in [2.05, 4.69) is 13.8 Å². The summed E-state index contributed by atoms with van der Waals surface area (Å²) in [6, 6.07) is 0. The summed E-state index contributed by atoms with van der Waals surface area (Å²) in [5.41, 5.74) is 0.539. The molecule has 3 atom stereocenters. The molecule has 3 aliphatic carbocycles. The zero-order valence-corrected chi connectivity index (χ0v) is 7.85. The van der Waals surface area contributed by atoms with Gasteiger partial charge in [-0.15, -0.1) is 0 Å². The molecule has 0 radical (unpaired) electrons. The molecule has 1 unspecified atom stereocenters. The maximum absolute atomic E-state index is 11.6. The molecule has 0 heterocycles. The van der Waals surface area contributed by atoms with E-state index in [0.717, 1.165) is 6.42 Å². The fourth-order valence-corrected chi connectivity index (χ4v) is 2.87. The van der Waals surface area contributed by atoms with Gasteiger partial charge in [-0.05, 0) is 17.8 Å². The molecule has 0 saturated heterocycles. The molecule has 3 saturated carbocycles. The Balaban J connectivity index is 2.36. The Hall–Kier alpha value is -0.660. The second-order valence-electron chi connectivity index (χ2n) is 4.78. The van der Waals surface area contributed by atoms with E-state index >= 15 is 0 Å². The first-order chi connectivity index (χ1) is 5.46. The van der Waals surface area contributed by atoms with Crippen LogP contribution in [0.2, 0.25) is 0 Å². The lowest BCUT2D eigenvalue weighted by atomic mass is 9.45. The van der Waals surface area contributed by atoms with Gasteiger partial charge in [-0.2, -0.15) is 0 Å². The van der Waals surface area contributed by atoms with E-state index in [9.17, 15) is 4.79 Å². The number of hydrogen-bond donors (Lipinski definition) is 1. The van der Waals surface area contributed by atoms with Gasteiger partial charge >= 0.3 is 0 Å². The fraction of sp³-hybridized carbons (Fsp3) is 0.800. The molecule has 66 valence electrons. The predicted molar refractivity (Wildman–Crippen MR) is 47.3 cm³/mol. The summed E-state index contributed by atoms with van der Waals surface area (Å²) in [7, 11) is 0. The highest BCUT2D eigenvalue weighted by atomic mass is 16.1. The summed E-state index contributed by atoms with van der Waals surface area (Å²) >= 11 is 0. The average Bonchev–Trinajstić information content (AvgIpc) is 1.98. The molecule has 2 nitrogen and oxygen atoms in total. The summed E-state index contributed by atoms with van der Waals surface area (Å²) < 4.78 is 0. The van der Waals surface area contributed by atoms with Crippen LogP contribution >= 0.6 is 0 Å². The van der Waals surface area contributed by atoms with Crippen LogP contribution in [-0.2, 0) is 4.79 Å². The van der Waals surface area contributed by atoms with Crippen LogP contribution in [0.25, 0.3) is 0 Å². The van der Waals surface area contributed by atoms with Crippen molar-refractivity contribution in [1.82, 2.24) is 0 Å². The van der Waals surface area contributed by atoms with Gasteiger partial charge in [0.25, 0.3) is 0 Å². The molecule has 3 rings (SSSR count). The van der Waals surface area contributed by atoms with Crippen LogP contribution in [-0.4, -0.2) is 11.5 Å². The summed E-state index contributed by atoms with van der Waals surface area (Å²) in [4.78, 5) is 11.6. The van der Waals surface area contributed by atoms with E-state index in [-0.39, 0.29) is 23.0 Å². The molecule has 1 N–H and O–H groups in total. The number of ketones is 1. The molecule has 0 aromatic heterocycles. The minimum atomic E-state index is 0.106. The second-order valence-corrected chi connectivity index (χ2v) is 4.78. The fourth-order valence-electron chi connectivity index (χ4n) is 2.87. The Bertz CT molecular complexity index is 267. The van der Waals surface area contributed by atoms with Crippen LogP contribution in [0.4, 0.5) is 0 Å². The van der Waals surface area contributed by atoms with Crippen molar-refractivity contribution < 1.29 is 4.79 Å². The van der Waals surface area contributed by atoms with Gasteiger partial charge in [0.1, 0.15) is 0 Å². The number of carbonyl (C=O) groups is 1. The lowest BCUT2D eigenvalue weighted by molar-refractivity contribution is -0.139. The van der Waals surface area contributed by atoms with Gasteiger partial charge in [0, 0.05) is 11.8 Å². The predicted octanol–water partition coefficient (Wildman–Crippen LogP) is 1.89. The first kappa shape index (κ1) is 7.96. The number of fused-ring (bicyclic) bond motifs is 2. The van der Waals surface area contributed by atoms with Crippen LogP contribution < -0.4 is 0 Å².